The van der Waals surface area contributed by atoms with Gasteiger partial charge in [-0.05, 0) is 36.8 Å². The number of carbonyl (C=O) groups is 1. The highest BCUT2D eigenvalue weighted by Crippen LogP contribution is 2.38. The molecule has 1 atom stereocenters. The van der Waals surface area contributed by atoms with E-state index < -0.39 is 0 Å². The lowest BCUT2D eigenvalue weighted by atomic mass is 10.1. The third kappa shape index (κ3) is 4.30. The molecular formula is C18H19Cl2NO4. The fraction of sp³-hybridized carbons (Fsp3) is 0.278. The fourth-order valence-electron chi connectivity index (χ4n) is 2.42. The second kappa shape index (κ2) is 8.32. The minimum Gasteiger partial charge on any atom is -0.493 e. The van der Waals surface area contributed by atoms with Gasteiger partial charge in [-0.2, -0.15) is 0 Å². The van der Waals surface area contributed by atoms with Gasteiger partial charge in [-0.15, -0.1) is 0 Å². The van der Waals surface area contributed by atoms with E-state index in [1.165, 1.54) is 21.3 Å². The van der Waals surface area contributed by atoms with Crippen LogP contribution in [-0.4, -0.2) is 27.2 Å². The largest absolute Gasteiger partial charge is 0.493 e. The van der Waals surface area contributed by atoms with E-state index in [0.717, 1.165) is 5.56 Å². The van der Waals surface area contributed by atoms with Crippen LogP contribution in [0.2, 0.25) is 10.0 Å². The molecule has 0 aliphatic rings. The molecule has 2 aromatic rings. The van der Waals surface area contributed by atoms with Crippen molar-refractivity contribution in [2.45, 2.75) is 13.0 Å². The average molecular weight is 384 g/mol. The van der Waals surface area contributed by atoms with Gasteiger partial charge in [0.2, 0.25) is 5.75 Å². The molecule has 2 rings (SSSR count). The van der Waals surface area contributed by atoms with Crippen LogP contribution in [-0.2, 0) is 0 Å². The number of carbonyl (C=O) groups excluding carboxylic acids is 1. The van der Waals surface area contributed by atoms with Gasteiger partial charge >= 0.3 is 0 Å². The first kappa shape index (κ1) is 19.2. The standard InChI is InChI=1S/C18H19Cl2NO4/c1-10(13-6-5-12(19)9-14(13)20)21-18(22)11-7-15(23-2)17(25-4)16(8-11)24-3/h5-10H,1-4H3,(H,21,22). The molecule has 1 unspecified atom stereocenters. The van der Waals surface area contributed by atoms with Crippen LogP contribution in [0.5, 0.6) is 17.2 Å². The second-order valence-electron chi connectivity index (χ2n) is 5.27. The van der Waals surface area contributed by atoms with Crippen molar-refractivity contribution >= 4 is 29.1 Å². The molecule has 25 heavy (non-hydrogen) atoms. The van der Waals surface area contributed by atoms with Gasteiger partial charge in [0.05, 0.1) is 27.4 Å². The Hall–Kier alpha value is -2.11. The first-order valence-corrected chi connectivity index (χ1v) is 8.22. The highest BCUT2D eigenvalue weighted by molar-refractivity contribution is 6.35. The number of nitrogens with one attached hydrogen (secondary N) is 1. The summed E-state index contributed by atoms with van der Waals surface area (Å²) >= 11 is 12.1. The van der Waals surface area contributed by atoms with Crippen LogP contribution in [0.1, 0.15) is 28.9 Å². The summed E-state index contributed by atoms with van der Waals surface area (Å²) in [7, 11) is 4.49. The highest BCUT2D eigenvalue weighted by Gasteiger charge is 2.19. The Kier molecular flexibility index (Phi) is 6.39. The predicted molar refractivity (Wildman–Crippen MR) is 98.4 cm³/mol. The van der Waals surface area contributed by atoms with Crippen LogP contribution in [0, 0.1) is 0 Å². The van der Waals surface area contributed by atoms with Crippen LogP contribution < -0.4 is 19.5 Å². The molecule has 134 valence electrons. The predicted octanol–water partition coefficient (Wildman–Crippen LogP) is 4.51. The lowest BCUT2D eigenvalue weighted by Crippen LogP contribution is -2.27. The third-order valence-electron chi connectivity index (χ3n) is 3.70. The minimum absolute atomic E-state index is 0.294. The Morgan fingerprint density at radius 2 is 1.60 bits per heavy atom. The summed E-state index contributed by atoms with van der Waals surface area (Å²) in [5, 5.41) is 3.92. The van der Waals surface area contributed by atoms with Crippen LogP contribution in [0.25, 0.3) is 0 Å². The lowest BCUT2D eigenvalue weighted by Gasteiger charge is -2.18. The number of amides is 1. The Morgan fingerprint density at radius 3 is 2.08 bits per heavy atom. The molecule has 0 aliphatic heterocycles. The van der Waals surface area contributed by atoms with Crippen LogP contribution in [0.15, 0.2) is 30.3 Å². The number of halogens is 2. The molecule has 0 saturated heterocycles. The van der Waals surface area contributed by atoms with Gasteiger partial charge in [-0.1, -0.05) is 29.3 Å². The maximum atomic E-state index is 12.6. The molecular weight excluding hydrogens is 365 g/mol. The van der Waals surface area contributed by atoms with E-state index in [-0.39, 0.29) is 11.9 Å². The second-order valence-corrected chi connectivity index (χ2v) is 6.12. The summed E-state index contributed by atoms with van der Waals surface area (Å²) in [4.78, 5) is 12.6. The van der Waals surface area contributed by atoms with Gasteiger partial charge < -0.3 is 19.5 Å². The van der Waals surface area contributed by atoms with Gasteiger partial charge in [-0.3, -0.25) is 4.79 Å². The molecule has 5 nitrogen and oxygen atoms in total. The monoisotopic (exact) mass is 383 g/mol. The molecule has 0 saturated carbocycles. The molecule has 7 heteroatoms. The number of benzene rings is 2. The van der Waals surface area contributed by atoms with E-state index in [1.807, 2.05) is 6.92 Å². The average Bonchev–Trinajstić information content (AvgIpc) is 2.59. The smallest absolute Gasteiger partial charge is 0.252 e. The molecule has 0 spiro atoms. The molecule has 1 N–H and O–H groups in total. The molecule has 0 aliphatic carbocycles. The number of methoxy groups -OCH3 is 3. The van der Waals surface area contributed by atoms with E-state index in [2.05, 4.69) is 5.32 Å². The highest BCUT2D eigenvalue weighted by atomic mass is 35.5. The van der Waals surface area contributed by atoms with E-state index >= 15 is 0 Å². The maximum absolute atomic E-state index is 12.6. The third-order valence-corrected chi connectivity index (χ3v) is 4.27. The van der Waals surface area contributed by atoms with Gasteiger partial charge in [0.25, 0.3) is 5.91 Å². The summed E-state index contributed by atoms with van der Waals surface area (Å²) in [6.07, 6.45) is 0. The van der Waals surface area contributed by atoms with Gasteiger partial charge in [0, 0.05) is 15.6 Å². The summed E-state index contributed by atoms with van der Waals surface area (Å²) < 4.78 is 15.8. The first-order valence-electron chi connectivity index (χ1n) is 7.47. The van der Waals surface area contributed by atoms with Gasteiger partial charge in [-0.25, -0.2) is 0 Å². The molecule has 0 aromatic heterocycles. The zero-order valence-electron chi connectivity index (χ0n) is 14.4. The molecule has 0 radical (unpaired) electrons. The quantitative estimate of drug-likeness (QED) is 0.796. The number of rotatable bonds is 6. The lowest BCUT2D eigenvalue weighted by molar-refractivity contribution is 0.0939. The normalized spacial score (nSPS) is 11.6. The Bertz CT molecular complexity index is 755. The van der Waals surface area contributed by atoms with Crippen LogP contribution in [0.4, 0.5) is 0 Å². The Morgan fingerprint density at radius 1 is 1.00 bits per heavy atom. The number of hydrogen-bond acceptors (Lipinski definition) is 4. The topological polar surface area (TPSA) is 56.8 Å². The number of hydrogen-bond donors (Lipinski definition) is 1. The summed E-state index contributed by atoms with van der Waals surface area (Å²) in [5.41, 5.74) is 1.15. The van der Waals surface area contributed by atoms with Crippen molar-refractivity contribution in [1.29, 1.82) is 0 Å². The summed E-state index contributed by atoms with van der Waals surface area (Å²) in [6.45, 7) is 1.84. The van der Waals surface area contributed by atoms with Crippen molar-refractivity contribution in [2.75, 3.05) is 21.3 Å². The van der Waals surface area contributed by atoms with Crippen molar-refractivity contribution in [3.05, 3.63) is 51.5 Å². The van der Waals surface area contributed by atoms with Crippen molar-refractivity contribution in [3.8, 4) is 17.2 Å². The van der Waals surface area contributed by atoms with Crippen molar-refractivity contribution in [3.63, 3.8) is 0 Å². The van der Waals surface area contributed by atoms with Crippen molar-refractivity contribution < 1.29 is 19.0 Å². The van der Waals surface area contributed by atoms with E-state index in [1.54, 1.807) is 30.3 Å². The zero-order valence-corrected chi connectivity index (χ0v) is 15.9. The molecule has 1 amide bonds. The van der Waals surface area contributed by atoms with E-state index in [9.17, 15) is 4.79 Å². The molecule has 0 fully saturated rings. The van der Waals surface area contributed by atoms with Crippen molar-refractivity contribution in [2.24, 2.45) is 0 Å². The Balaban J connectivity index is 2.28. The minimum atomic E-state index is -0.309. The van der Waals surface area contributed by atoms with E-state index in [4.69, 9.17) is 37.4 Å². The molecule has 0 bridgehead atoms. The van der Waals surface area contributed by atoms with Gasteiger partial charge in [0.15, 0.2) is 11.5 Å². The summed E-state index contributed by atoms with van der Waals surface area (Å²) in [6, 6.07) is 8.02. The van der Waals surface area contributed by atoms with Crippen molar-refractivity contribution in [1.82, 2.24) is 5.32 Å². The van der Waals surface area contributed by atoms with Crippen LogP contribution >= 0.6 is 23.2 Å². The SMILES string of the molecule is COc1cc(C(=O)NC(C)c2ccc(Cl)cc2Cl)cc(OC)c1OC. The molecule has 0 heterocycles. The maximum Gasteiger partial charge on any atom is 0.252 e. The van der Waals surface area contributed by atoms with E-state index in [0.29, 0.717) is 32.9 Å². The number of ether oxygens (including phenoxy) is 3. The first-order chi connectivity index (χ1) is 11.9. The van der Waals surface area contributed by atoms with Crippen LogP contribution in [0.3, 0.4) is 0 Å². The summed E-state index contributed by atoms with van der Waals surface area (Å²) in [5.74, 6) is 0.946. The van der Waals surface area contributed by atoms with Gasteiger partial charge in [0.1, 0.15) is 0 Å². The Labute approximate surface area is 156 Å². The fourth-order valence-corrected chi connectivity index (χ4v) is 2.99. The zero-order chi connectivity index (χ0) is 18.6. The molecule has 2 aromatic carbocycles.